The van der Waals surface area contributed by atoms with E-state index < -0.39 is 0 Å². The summed E-state index contributed by atoms with van der Waals surface area (Å²) >= 11 is 0. The van der Waals surface area contributed by atoms with Gasteiger partial charge in [0.1, 0.15) is 0 Å². The second kappa shape index (κ2) is 8.95. The van der Waals surface area contributed by atoms with E-state index in [0.29, 0.717) is 30.2 Å². The predicted octanol–water partition coefficient (Wildman–Crippen LogP) is 3.82. The second-order valence-corrected chi connectivity index (χ2v) is 9.33. The average molecular weight is 401 g/mol. The zero-order valence-electron chi connectivity index (χ0n) is 18.2. The van der Waals surface area contributed by atoms with Crippen LogP contribution in [0.3, 0.4) is 0 Å². The van der Waals surface area contributed by atoms with Crippen molar-refractivity contribution in [1.82, 2.24) is 10.2 Å². The molecule has 0 radical (unpaired) electrons. The van der Waals surface area contributed by atoms with Crippen molar-refractivity contribution in [3.05, 3.63) is 23.8 Å². The van der Waals surface area contributed by atoms with Crippen LogP contribution in [0.4, 0.5) is 0 Å². The van der Waals surface area contributed by atoms with Gasteiger partial charge in [-0.15, -0.1) is 0 Å². The smallest absolute Gasteiger partial charge is 0.234 e. The van der Waals surface area contributed by atoms with Crippen LogP contribution in [-0.4, -0.2) is 50.7 Å². The third-order valence-electron chi connectivity index (χ3n) is 7.41. The van der Waals surface area contributed by atoms with Crippen LogP contribution in [0, 0.1) is 17.8 Å². The Kier molecular flexibility index (Phi) is 6.33. The molecule has 2 aliphatic carbocycles. The molecule has 0 unspecified atom stereocenters. The van der Waals surface area contributed by atoms with Gasteiger partial charge in [-0.2, -0.15) is 0 Å². The molecule has 1 heterocycles. The van der Waals surface area contributed by atoms with Crippen molar-refractivity contribution in [2.75, 3.05) is 33.9 Å². The number of amides is 1. The van der Waals surface area contributed by atoms with Gasteiger partial charge in [-0.05, 0) is 67.7 Å². The van der Waals surface area contributed by atoms with Crippen LogP contribution in [0.2, 0.25) is 0 Å². The quantitative estimate of drug-likeness (QED) is 0.789. The van der Waals surface area contributed by atoms with Crippen molar-refractivity contribution >= 4 is 5.91 Å². The van der Waals surface area contributed by atoms with E-state index in [0.717, 1.165) is 24.6 Å². The van der Waals surface area contributed by atoms with Crippen molar-refractivity contribution in [3.63, 3.8) is 0 Å². The maximum Gasteiger partial charge on any atom is 0.234 e. The summed E-state index contributed by atoms with van der Waals surface area (Å²) in [7, 11) is 3.35. The molecule has 1 aromatic rings. The first-order valence-corrected chi connectivity index (χ1v) is 11.3. The van der Waals surface area contributed by atoms with E-state index in [1.54, 1.807) is 14.2 Å². The van der Waals surface area contributed by atoms with E-state index >= 15 is 0 Å². The normalized spacial score (nSPS) is 32.0. The molecule has 4 rings (SSSR count). The Labute approximate surface area is 175 Å². The minimum absolute atomic E-state index is 0.193. The molecule has 3 aliphatic rings. The highest BCUT2D eigenvalue weighted by atomic mass is 16.5. The molecule has 1 amide bonds. The highest BCUT2D eigenvalue weighted by Gasteiger charge is 2.52. The molecule has 1 aliphatic heterocycles. The SMILES string of the molecule is COc1ccc([C@H]2[C@@H]3CCCC[C@@H]3[C@@H]2NC(=O)CN2CCC[C@H](C)C2)cc1OC. The Morgan fingerprint density at radius 2 is 1.83 bits per heavy atom. The summed E-state index contributed by atoms with van der Waals surface area (Å²) in [6.45, 7) is 4.92. The number of piperidine rings is 1. The van der Waals surface area contributed by atoms with Crippen molar-refractivity contribution in [3.8, 4) is 11.5 Å². The van der Waals surface area contributed by atoms with E-state index in [4.69, 9.17) is 9.47 Å². The summed E-state index contributed by atoms with van der Waals surface area (Å²) in [6.07, 6.45) is 7.58. The number of hydrogen-bond donors (Lipinski definition) is 1. The van der Waals surface area contributed by atoms with Gasteiger partial charge in [0.25, 0.3) is 0 Å². The monoisotopic (exact) mass is 400 g/mol. The number of nitrogens with zero attached hydrogens (tertiary/aromatic N) is 1. The summed E-state index contributed by atoms with van der Waals surface area (Å²) in [5, 5.41) is 3.44. The highest BCUT2D eigenvalue weighted by Crippen LogP contribution is 2.55. The fourth-order valence-electron chi connectivity index (χ4n) is 6.04. The number of rotatable bonds is 6. The molecule has 5 atom stereocenters. The van der Waals surface area contributed by atoms with Crippen LogP contribution in [0.1, 0.15) is 56.9 Å². The van der Waals surface area contributed by atoms with Crippen molar-refractivity contribution in [1.29, 1.82) is 0 Å². The van der Waals surface area contributed by atoms with Gasteiger partial charge in [0, 0.05) is 18.5 Å². The largest absolute Gasteiger partial charge is 0.493 e. The molecular formula is C24H36N2O3. The Balaban J connectivity index is 1.47. The second-order valence-electron chi connectivity index (χ2n) is 9.33. The number of fused-ring (bicyclic) bond motifs is 1. The van der Waals surface area contributed by atoms with Crippen molar-refractivity contribution in [2.45, 2.75) is 57.4 Å². The summed E-state index contributed by atoms with van der Waals surface area (Å²) in [6, 6.07) is 6.51. The zero-order valence-corrected chi connectivity index (χ0v) is 18.2. The molecular weight excluding hydrogens is 364 g/mol. The first-order chi connectivity index (χ1) is 14.1. The maximum atomic E-state index is 12.9. The molecule has 0 spiro atoms. The molecule has 0 bridgehead atoms. The molecule has 3 fully saturated rings. The maximum absolute atomic E-state index is 12.9. The van der Waals surface area contributed by atoms with Gasteiger partial charge in [-0.25, -0.2) is 0 Å². The van der Waals surface area contributed by atoms with Crippen molar-refractivity contribution < 1.29 is 14.3 Å². The average Bonchev–Trinajstić information content (AvgIpc) is 2.72. The van der Waals surface area contributed by atoms with Gasteiger partial charge in [0.2, 0.25) is 5.91 Å². The summed E-state index contributed by atoms with van der Waals surface area (Å²) in [5.74, 6) is 4.09. The van der Waals surface area contributed by atoms with E-state index in [1.807, 2.05) is 6.07 Å². The number of hydrogen-bond acceptors (Lipinski definition) is 4. The Morgan fingerprint density at radius 3 is 2.55 bits per heavy atom. The molecule has 160 valence electrons. The molecule has 5 heteroatoms. The Morgan fingerprint density at radius 1 is 1.07 bits per heavy atom. The lowest BCUT2D eigenvalue weighted by Crippen LogP contribution is -2.60. The van der Waals surface area contributed by atoms with Gasteiger partial charge in [-0.3, -0.25) is 9.69 Å². The Hall–Kier alpha value is -1.75. The number of ether oxygens (including phenoxy) is 2. The predicted molar refractivity (Wildman–Crippen MR) is 115 cm³/mol. The van der Waals surface area contributed by atoms with Gasteiger partial charge in [0.05, 0.1) is 20.8 Å². The van der Waals surface area contributed by atoms with Crippen LogP contribution in [-0.2, 0) is 4.79 Å². The summed E-state index contributed by atoms with van der Waals surface area (Å²) in [4.78, 5) is 15.2. The van der Waals surface area contributed by atoms with E-state index in [1.165, 1.54) is 44.1 Å². The van der Waals surface area contributed by atoms with Gasteiger partial charge in [0.15, 0.2) is 11.5 Å². The number of benzene rings is 1. The molecule has 29 heavy (non-hydrogen) atoms. The fourth-order valence-corrected chi connectivity index (χ4v) is 6.04. The van der Waals surface area contributed by atoms with Crippen LogP contribution < -0.4 is 14.8 Å². The number of carbonyl (C=O) groups excluding carboxylic acids is 1. The van der Waals surface area contributed by atoms with Crippen LogP contribution in [0.25, 0.3) is 0 Å². The third kappa shape index (κ3) is 4.25. The minimum atomic E-state index is 0.193. The molecule has 1 aromatic carbocycles. The van der Waals surface area contributed by atoms with Crippen LogP contribution in [0.5, 0.6) is 11.5 Å². The summed E-state index contributed by atoms with van der Waals surface area (Å²) < 4.78 is 11.0. The van der Waals surface area contributed by atoms with Gasteiger partial charge >= 0.3 is 0 Å². The Bertz CT molecular complexity index is 722. The lowest BCUT2D eigenvalue weighted by molar-refractivity contribution is -0.126. The molecule has 0 aromatic heterocycles. The number of nitrogens with one attached hydrogen (secondary N) is 1. The van der Waals surface area contributed by atoms with Gasteiger partial charge in [-0.1, -0.05) is 25.8 Å². The third-order valence-corrected chi connectivity index (χ3v) is 7.41. The summed E-state index contributed by atoms with van der Waals surface area (Å²) in [5.41, 5.74) is 1.27. The standard InChI is InChI=1S/C24H36N2O3/c1-16-7-6-12-26(14-16)15-22(27)25-24-19-9-5-4-8-18(19)23(24)17-10-11-20(28-2)21(13-17)29-3/h10-11,13,16,18-19,23-24H,4-9,12,14-15H2,1-3H3,(H,25,27)/t16-,18+,19-,23-,24-/m0/s1. The molecule has 1 N–H and O–H groups in total. The number of carbonyl (C=O) groups is 1. The van der Waals surface area contributed by atoms with E-state index in [2.05, 4.69) is 29.3 Å². The first-order valence-electron chi connectivity index (χ1n) is 11.3. The topological polar surface area (TPSA) is 50.8 Å². The number of likely N-dealkylation sites (tertiary alicyclic amines) is 1. The van der Waals surface area contributed by atoms with Gasteiger partial charge < -0.3 is 14.8 Å². The number of methoxy groups -OCH3 is 2. The lowest BCUT2D eigenvalue weighted by atomic mass is 9.53. The lowest BCUT2D eigenvalue weighted by Gasteiger charge is -2.55. The molecule has 5 nitrogen and oxygen atoms in total. The minimum Gasteiger partial charge on any atom is -0.493 e. The fraction of sp³-hybridized carbons (Fsp3) is 0.708. The first kappa shape index (κ1) is 20.5. The van der Waals surface area contributed by atoms with Crippen LogP contribution >= 0.6 is 0 Å². The molecule has 2 saturated carbocycles. The highest BCUT2D eigenvalue weighted by molar-refractivity contribution is 5.78. The van der Waals surface area contributed by atoms with E-state index in [-0.39, 0.29) is 11.9 Å². The molecule has 1 saturated heterocycles. The zero-order chi connectivity index (χ0) is 20.4. The van der Waals surface area contributed by atoms with Crippen LogP contribution in [0.15, 0.2) is 18.2 Å². The van der Waals surface area contributed by atoms with E-state index in [9.17, 15) is 4.79 Å². The van der Waals surface area contributed by atoms with Crippen molar-refractivity contribution in [2.24, 2.45) is 17.8 Å².